The molecule has 0 radical (unpaired) electrons. The number of hydrogen-bond donors (Lipinski definition) is 2. The zero-order valence-electron chi connectivity index (χ0n) is 12.8. The highest BCUT2D eigenvalue weighted by atomic mass is 16.5. The number of hydrogen-bond acceptors (Lipinski definition) is 5. The van der Waals surface area contributed by atoms with Crippen molar-refractivity contribution in [2.75, 3.05) is 20.8 Å². The van der Waals surface area contributed by atoms with Gasteiger partial charge in [-0.2, -0.15) is 0 Å². The molecule has 0 saturated carbocycles. The van der Waals surface area contributed by atoms with Crippen LogP contribution in [0.5, 0.6) is 11.5 Å². The minimum absolute atomic E-state index is 0.0620. The van der Waals surface area contributed by atoms with E-state index in [0.717, 1.165) is 30.6 Å². The number of rotatable bonds is 2. The minimum Gasteiger partial charge on any atom is -0.504 e. The molecule has 5 nitrogen and oxygen atoms in total. The van der Waals surface area contributed by atoms with Gasteiger partial charge in [-0.3, -0.25) is 4.90 Å². The second-order valence-corrected chi connectivity index (χ2v) is 6.35. The van der Waals surface area contributed by atoms with E-state index in [1.54, 1.807) is 20.3 Å². The molecule has 2 N–H and O–H groups in total. The van der Waals surface area contributed by atoms with Gasteiger partial charge in [0.2, 0.25) is 0 Å². The van der Waals surface area contributed by atoms with Crippen LogP contribution >= 0.6 is 0 Å². The van der Waals surface area contributed by atoms with E-state index in [0.29, 0.717) is 5.75 Å². The predicted octanol–water partition coefficient (Wildman–Crippen LogP) is 1.39. The summed E-state index contributed by atoms with van der Waals surface area (Å²) < 4.78 is 10.7. The molecule has 0 aromatic heterocycles. The summed E-state index contributed by atoms with van der Waals surface area (Å²) in [4.78, 5) is 2.41. The monoisotopic (exact) mass is 303 g/mol. The van der Waals surface area contributed by atoms with Crippen molar-refractivity contribution in [3.05, 3.63) is 34.9 Å². The lowest BCUT2D eigenvalue weighted by atomic mass is 9.73. The van der Waals surface area contributed by atoms with Gasteiger partial charge in [-0.1, -0.05) is 11.6 Å². The molecule has 2 heterocycles. The number of nitrogens with zero attached hydrogens (tertiary/aromatic N) is 1. The molecule has 1 aromatic rings. The van der Waals surface area contributed by atoms with Crippen molar-refractivity contribution < 1.29 is 19.7 Å². The number of aliphatic hydroxyl groups is 1. The largest absolute Gasteiger partial charge is 0.504 e. The topological polar surface area (TPSA) is 62.2 Å². The molecule has 2 aliphatic heterocycles. The molecule has 5 heteroatoms. The summed E-state index contributed by atoms with van der Waals surface area (Å²) in [7, 11) is 3.19. The molecule has 0 amide bonds. The molecular weight excluding hydrogens is 282 g/mol. The highest BCUT2D eigenvalue weighted by Gasteiger charge is 2.49. The molecule has 0 bridgehead atoms. The summed E-state index contributed by atoms with van der Waals surface area (Å²) in [6.45, 7) is 1.83. The Morgan fingerprint density at radius 2 is 2.09 bits per heavy atom. The van der Waals surface area contributed by atoms with Crippen molar-refractivity contribution in [1.29, 1.82) is 0 Å². The second-order valence-electron chi connectivity index (χ2n) is 6.35. The third-order valence-electron chi connectivity index (χ3n) is 5.33. The maximum Gasteiger partial charge on any atom is 0.160 e. The Bertz CT molecular complexity index is 642. The number of phenolic OH excluding ortho intramolecular Hbond substituents is 1. The number of aliphatic hydroxyl groups excluding tert-OH is 1. The summed E-state index contributed by atoms with van der Waals surface area (Å²) in [5.74, 6) is 0.554. The smallest absolute Gasteiger partial charge is 0.160 e. The van der Waals surface area contributed by atoms with Crippen LogP contribution in [0.3, 0.4) is 0 Å². The average molecular weight is 303 g/mol. The Hall–Kier alpha value is -1.56. The summed E-state index contributed by atoms with van der Waals surface area (Å²) in [5.41, 5.74) is 3.48. The zero-order chi connectivity index (χ0) is 15.4. The molecule has 0 spiro atoms. The Balaban J connectivity index is 1.86. The highest BCUT2D eigenvalue weighted by molar-refractivity contribution is 5.52. The zero-order valence-corrected chi connectivity index (χ0v) is 12.8. The van der Waals surface area contributed by atoms with Gasteiger partial charge in [0.1, 0.15) is 6.10 Å². The first-order chi connectivity index (χ1) is 10.6. The molecule has 1 aliphatic carbocycles. The van der Waals surface area contributed by atoms with Crippen LogP contribution in [0.4, 0.5) is 0 Å². The van der Waals surface area contributed by atoms with E-state index in [1.807, 2.05) is 6.07 Å². The molecule has 22 heavy (non-hydrogen) atoms. The van der Waals surface area contributed by atoms with Crippen molar-refractivity contribution in [3.63, 3.8) is 0 Å². The molecule has 4 rings (SSSR count). The van der Waals surface area contributed by atoms with Gasteiger partial charge in [-0.15, -0.1) is 0 Å². The van der Waals surface area contributed by atoms with Crippen molar-refractivity contribution in [1.82, 2.24) is 4.90 Å². The van der Waals surface area contributed by atoms with Gasteiger partial charge >= 0.3 is 0 Å². The van der Waals surface area contributed by atoms with Crippen LogP contribution in [0.2, 0.25) is 0 Å². The molecule has 3 aliphatic rings. The Morgan fingerprint density at radius 3 is 2.82 bits per heavy atom. The van der Waals surface area contributed by atoms with Gasteiger partial charge in [-0.25, -0.2) is 0 Å². The molecular formula is C17H21NO4. The number of phenols is 1. The summed E-state index contributed by atoms with van der Waals surface area (Å²) in [5, 5.41) is 20.9. The van der Waals surface area contributed by atoms with Gasteiger partial charge in [-0.05, 0) is 29.7 Å². The van der Waals surface area contributed by atoms with Crippen molar-refractivity contribution >= 4 is 0 Å². The van der Waals surface area contributed by atoms with Crippen LogP contribution < -0.4 is 4.74 Å². The van der Waals surface area contributed by atoms with E-state index >= 15 is 0 Å². The van der Waals surface area contributed by atoms with Gasteiger partial charge < -0.3 is 19.7 Å². The van der Waals surface area contributed by atoms with E-state index in [2.05, 4.69) is 11.0 Å². The summed E-state index contributed by atoms with van der Waals surface area (Å²) in [6, 6.07) is 3.88. The van der Waals surface area contributed by atoms with E-state index in [-0.39, 0.29) is 23.8 Å². The molecule has 4 atom stereocenters. The van der Waals surface area contributed by atoms with Crippen LogP contribution in [-0.2, 0) is 11.3 Å². The number of benzene rings is 1. The molecule has 0 unspecified atom stereocenters. The van der Waals surface area contributed by atoms with Crippen LogP contribution in [-0.4, -0.2) is 54.1 Å². The molecule has 1 aromatic carbocycles. The Kier molecular flexibility index (Phi) is 3.18. The van der Waals surface area contributed by atoms with Gasteiger partial charge in [0.05, 0.1) is 13.2 Å². The van der Waals surface area contributed by atoms with Crippen LogP contribution in [0, 0.1) is 0 Å². The number of methoxy groups -OCH3 is 2. The fourth-order valence-electron chi connectivity index (χ4n) is 4.33. The van der Waals surface area contributed by atoms with Gasteiger partial charge in [0.15, 0.2) is 11.5 Å². The first kappa shape index (κ1) is 14.1. The Labute approximate surface area is 129 Å². The highest BCUT2D eigenvalue weighted by Crippen LogP contribution is 2.49. The Morgan fingerprint density at radius 1 is 1.27 bits per heavy atom. The lowest BCUT2D eigenvalue weighted by Gasteiger charge is -2.45. The third-order valence-corrected chi connectivity index (χ3v) is 5.33. The average Bonchev–Trinajstić information content (AvgIpc) is 2.92. The standard InChI is InChI=1S/C17H21NO4/c1-21-13-6-10-8-18-4-3-9-5-14(22-2)17(20)15(16(9)18)11(10)7-12(13)19/h5-7,14-17,19-20H,3-4,8H2,1-2H3/t14-,15+,16+,17+/m0/s1. The van der Waals surface area contributed by atoms with Crippen LogP contribution in [0.25, 0.3) is 0 Å². The first-order valence-corrected chi connectivity index (χ1v) is 7.69. The van der Waals surface area contributed by atoms with Crippen LogP contribution in [0.1, 0.15) is 23.5 Å². The predicted molar refractivity (Wildman–Crippen MR) is 81.1 cm³/mol. The van der Waals surface area contributed by atoms with Gasteiger partial charge in [0, 0.05) is 32.2 Å². The van der Waals surface area contributed by atoms with Gasteiger partial charge in [0.25, 0.3) is 0 Å². The minimum atomic E-state index is -0.605. The second kappa shape index (κ2) is 4.98. The van der Waals surface area contributed by atoms with E-state index < -0.39 is 6.10 Å². The lowest BCUT2D eigenvalue weighted by Crippen LogP contribution is -2.50. The molecule has 118 valence electrons. The van der Waals surface area contributed by atoms with Crippen LogP contribution in [0.15, 0.2) is 23.8 Å². The maximum atomic E-state index is 10.8. The quantitative estimate of drug-likeness (QED) is 0.809. The van der Waals surface area contributed by atoms with E-state index in [4.69, 9.17) is 9.47 Å². The molecule has 1 fully saturated rings. The van der Waals surface area contributed by atoms with Crippen molar-refractivity contribution in [2.45, 2.75) is 37.1 Å². The van der Waals surface area contributed by atoms with Crippen molar-refractivity contribution in [2.24, 2.45) is 0 Å². The lowest BCUT2D eigenvalue weighted by molar-refractivity contribution is -0.0231. The van der Waals surface area contributed by atoms with Crippen molar-refractivity contribution in [3.8, 4) is 11.5 Å². The first-order valence-electron chi connectivity index (χ1n) is 7.69. The maximum absolute atomic E-state index is 10.8. The van der Waals surface area contributed by atoms with E-state index in [1.165, 1.54) is 5.57 Å². The number of fused-ring (bicyclic) bond motifs is 2. The number of aromatic hydroxyl groups is 1. The number of ether oxygens (including phenoxy) is 2. The van der Waals surface area contributed by atoms with E-state index in [9.17, 15) is 10.2 Å². The third kappa shape index (κ3) is 1.82. The fourth-order valence-corrected chi connectivity index (χ4v) is 4.33. The molecule has 1 saturated heterocycles. The SMILES string of the molecule is COc1cc2c(cc1O)[C@H]1[C@H](O)[C@@H](OC)C=C3CCN(C2)[C@H]31. The summed E-state index contributed by atoms with van der Waals surface area (Å²) >= 11 is 0. The normalized spacial score (nSPS) is 33.1. The fraction of sp³-hybridized carbons (Fsp3) is 0.529. The summed E-state index contributed by atoms with van der Waals surface area (Å²) in [6.07, 6.45) is 2.21.